The summed E-state index contributed by atoms with van der Waals surface area (Å²) in [7, 11) is 0. The Kier molecular flexibility index (Phi) is 6.69. The topological polar surface area (TPSA) is 102 Å². The van der Waals surface area contributed by atoms with E-state index >= 15 is 0 Å². The van der Waals surface area contributed by atoms with Gasteiger partial charge in [0.1, 0.15) is 12.6 Å². The monoisotopic (exact) mass is 204 g/mol. The molecule has 0 aromatic heterocycles. The van der Waals surface area contributed by atoms with Gasteiger partial charge in [0.05, 0.1) is 6.61 Å². The van der Waals surface area contributed by atoms with Crippen LogP contribution in [-0.4, -0.2) is 42.8 Å². The molecule has 0 bridgehead atoms. The Morgan fingerprint density at radius 1 is 1.57 bits per heavy atom. The Labute approximate surface area is 82.4 Å². The molecule has 4 N–H and O–H groups in total. The second kappa shape index (κ2) is 7.28. The first-order valence-corrected chi connectivity index (χ1v) is 4.40. The number of carboxylic acid groups (broad SMARTS) is 1. The molecule has 1 amide bonds. The minimum Gasteiger partial charge on any atom is -0.480 e. The highest BCUT2D eigenvalue weighted by molar-refractivity contribution is 5.75. The summed E-state index contributed by atoms with van der Waals surface area (Å²) in [6.45, 7) is 2.30. The van der Waals surface area contributed by atoms with Crippen LogP contribution in [0.1, 0.15) is 13.3 Å². The Morgan fingerprint density at radius 3 is 2.64 bits per heavy atom. The molecule has 0 rings (SSSR count). The molecule has 82 valence electrons. The summed E-state index contributed by atoms with van der Waals surface area (Å²) < 4.78 is 4.84. The summed E-state index contributed by atoms with van der Waals surface area (Å²) in [5, 5.41) is 11.4. The standard InChI is InChI=1S/C8H16N2O4/c1-2-6(8(12)13)10-3-4-14-5-7(9)11/h6,10H,2-5H2,1H3,(H2,9,11)(H,12,13). The number of hydrogen-bond acceptors (Lipinski definition) is 4. The van der Waals surface area contributed by atoms with Gasteiger partial charge in [-0.2, -0.15) is 0 Å². The van der Waals surface area contributed by atoms with Crippen LogP contribution in [0.3, 0.4) is 0 Å². The number of carbonyl (C=O) groups is 2. The molecule has 14 heavy (non-hydrogen) atoms. The van der Waals surface area contributed by atoms with Crippen molar-refractivity contribution in [1.82, 2.24) is 5.32 Å². The first-order valence-electron chi connectivity index (χ1n) is 4.40. The molecule has 0 aliphatic carbocycles. The van der Waals surface area contributed by atoms with Gasteiger partial charge >= 0.3 is 5.97 Å². The molecule has 0 saturated carbocycles. The number of carboxylic acids is 1. The van der Waals surface area contributed by atoms with E-state index in [0.29, 0.717) is 13.0 Å². The molecule has 0 aromatic carbocycles. The summed E-state index contributed by atoms with van der Waals surface area (Å²) in [4.78, 5) is 20.8. The Hall–Kier alpha value is -1.14. The van der Waals surface area contributed by atoms with Crippen molar-refractivity contribution < 1.29 is 19.4 Å². The number of ether oxygens (including phenoxy) is 1. The summed E-state index contributed by atoms with van der Waals surface area (Å²) in [5.41, 5.74) is 4.83. The predicted octanol–water partition coefficient (Wildman–Crippen LogP) is -1.06. The van der Waals surface area contributed by atoms with Crippen LogP contribution >= 0.6 is 0 Å². The largest absolute Gasteiger partial charge is 0.480 e. The number of hydrogen-bond donors (Lipinski definition) is 3. The minimum absolute atomic E-state index is 0.133. The maximum absolute atomic E-state index is 10.5. The lowest BCUT2D eigenvalue weighted by Gasteiger charge is -2.11. The average Bonchev–Trinajstić information content (AvgIpc) is 2.10. The van der Waals surface area contributed by atoms with Gasteiger partial charge in [-0.1, -0.05) is 6.92 Å². The zero-order valence-electron chi connectivity index (χ0n) is 8.16. The fourth-order valence-corrected chi connectivity index (χ4v) is 0.884. The Bertz CT molecular complexity index is 196. The van der Waals surface area contributed by atoms with Crippen LogP contribution in [0.4, 0.5) is 0 Å². The number of carbonyl (C=O) groups excluding carboxylic acids is 1. The number of rotatable bonds is 8. The average molecular weight is 204 g/mol. The van der Waals surface area contributed by atoms with E-state index in [0.717, 1.165) is 0 Å². The number of nitrogens with one attached hydrogen (secondary N) is 1. The first kappa shape index (κ1) is 12.9. The molecule has 1 unspecified atom stereocenters. The maximum Gasteiger partial charge on any atom is 0.320 e. The molecule has 0 fully saturated rings. The Balaban J connectivity index is 3.42. The fraction of sp³-hybridized carbons (Fsp3) is 0.750. The number of nitrogens with two attached hydrogens (primary N) is 1. The highest BCUT2D eigenvalue weighted by Gasteiger charge is 2.12. The summed E-state index contributed by atoms with van der Waals surface area (Å²) >= 11 is 0. The van der Waals surface area contributed by atoms with Crippen LogP contribution in [-0.2, 0) is 14.3 Å². The molecule has 0 aromatic rings. The smallest absolute Gasteiger partial charge is 0.320 e. The third kappa shape index (κ3) is 6.38. The minimum atomic E-state index is -0.887. The second-order valence-corrected chi connectivity index (χ2v) is 2.77. The van der Waals surface area contributed by atoms with E-state index < -0.39 is 17.9 Å². The number of primary amides is 1. The van der Waals surface area contributed by atoms with Crippen molar-refractivity contribution in [2.45, 2.75) is 19.4 Å². The molecule has 0 aliphatic heterocycles. The van der Waals surface area contributed by atoms with Crippen molar-refractivity contribution in [2.24, 2.45) is 5.73 Å². The van der Waals surface area contributed by atoms with Crippen molar-refractivity contribution in [1.29, 1.82) is 0 Å². The van der Waals surface area contributed by atoms with Crippen molar-refractivity contribution in [2.75, 3.05) is 19.8 Å². The SMILES string of the molecule is CCC(NCCOCC(N)=O)C(=O)O. The van der Waals surface area contributed by atoms with Crippen LogP contribution in [0.5, 0.6) is 0 Å². The van der Waals surface area contributed by atoms with E-state index in [1.165, 1.54) is 0 Å². The molecule has 1 atom stereocenters. The summed E-state index contributed by atoms with van der Waals surface area (Å²) in [6.07, 6.45) is 0.505. The van der Waals surface area contributed by atoms with Crippen molar-refractivity contribution in [3.63, 3.8) is 0 Å². The lowest BCUT2D eigenvalue weighted by Crippen LogP contribution is -2.38. The van der Waals surface area contributed by atoms with Gasteiger partial charge < -0.3 is 20.9 Å². The number of amides is 1. The quantitative estimate of drug-likeness (QED) is 0.437. The van der Waals surface area contributed by atoms with Gasteiger partial charge in [-0.25, -0.2) is 0 Å². The third-order valence-corrected chi connectivity index (χ3v) is 1.59. The van der Waals surface area contributed by atoms with Gasteiger partial charge in [0, 0.05) is 6.54 Å². The van der Waals surface area contributed by atoms with Gasteiger partial charge in [0.25, 0.3) is 0 Å². The fourth-order valence-electron chi connectivity index (χ4n) is 0.884. The zero-order chi connectivity index (χ0) is 11.0. The molecule has 6 heteroatoms. The predicted molar refractivity (Wildman–Crippen MR) is 49.7 cm³/mol. The van der Waals surface area contributed by atoms with Crippen LogP contribution in [0.15, 0.2) is 0 Å². The van der Waals surface area contributed by atoms with Gasteiger partial charge in [0.15, 0.2) is 0 Å². The van der Waals surface area contributed by atoms with E-state index in [-0.39, 0.29) is 13.2 Å². The van der Waals surface area contributed by atoms with E-state index in [1.807, 2.05) is 0 Å². The zero-order valence-corrected chi connectivity index (χ0v) is 8.16. The highest BCUT2D eigenvalue weighted by Crippen LogP contribution is 1.89. The molecule has 0 heterocycles. The molecule has 0 aliphatic rings. The highest BCUT2D eigenvalue weighted by atomic mass is 16.5. The van der Waals surface area contributed by atoms with Crippen molar-refractivity contribution in [3.8, 4) is 0 Å². The van der Waals surface area contributed by atoms with Gasteiger partial charge in [-0.3, -0.25) is 9.59 Å². The van der Waals surface area contributed by atoms with Gasteiger partial charge in [-0.05, 0) is 6.42 Å². The van der Waals surface area contributed by atoms with E-state index in [9.17, 15) is 9.59 Å². The molecular weight excluding hydrogens is 188 g/mol. The lowest BCUT2D eigenvalue weighted by atomic mass is 10.2. The molecule has 6 nitrogen and oxygen atoms in total. The van der Waals surface area contributed by atoms with E-state index in [4.69, 9.17) is 15.6 Å². The van der Waals surface area contributed by atoms with Gasteiger partial charge in [-0.15, -0.1) is 0 Å². The van der Waals surface area contributed by atoms with Gasteiger partial charge in [0.2, 0.25) is 5.91 Å². The van der Waals surface area contributed by atoms with E-state index in [1.54, 1.807) is 6.92 Å². The molecule has 0 saturated heterocycles. The first-order chi connectivity index (χ1) is 6.57. The summed E-state index contributed by atoms with van der Waals surface area (Å²) in [6, 6.07) is -0.563. The van der Waals surface area contributed by atoms with E-state index in [2.05, 4.69) is 5.32 Å². The molecular formula is C8H16N2O4. The lowest BCUT2D eigenvalue weighted by molar-refractivity contribution is -0.139. The third-order valence-electron chi connectivity index (χ3n) is 1.59. The van der Waals surface area contributed by atoms with Crippen LogP contribution in [0.25, 0.3) is 0 Å². The van der Waals surface area contributed by atoms with Crippen molar-refractivity contribution >= 4 is 11.9 Å². The summed E-state index contributed by atoms with van der Waals surface area (Å²) in [5.74, 6) is -1.42. The Morgan fingerprint density at radius 2 is 2.21 bits per heavy atom. The molecule has 0 radical (unpaired) electrons. The van der Waals surface area contributed by atoms with Crippen LogP contribution in [0, 0.1) is 0 Å². The number of aliphatic carboxylic acids is 1. The van der Waals surface area contributed by atoms with Crippen LogP contribution in [0.2, 0.25) is 0 Å². The van der Waals surface area contributed by atoms with Crippen LogP contribution < -0.4 is 11.1 Å². The molecule has 0 spiro atoms. The van der Waals surface area contributed by atoms with Crippen molar-refractivity contribution in [3.05, 3.63) is 0 Å². The second-order valence-electron chi connectivity index (χ2n) is 2.77. The normalized spacial score (nSPS) is 12.4. The maximum atomic E-state index is 10.5.